The largest absolute Gasteiger partial charge is 0.338 e. The van der Waals surface area contributed by atoms with Gasteiger partial charge in [0.15, 0.2) is 0 Å². The van der Waals surface area contributed by atoms with E-state index >= 15 is 0 Å². The molecule has 0 fully saturated rings. The predicted molar refractivity (Wildman–Crippen MR) is 53.3 cm³/mol. The molecular weight excluding hydrogens is 194 g/mol. The molecule has 0 aliphatic carbocycles. The van der Waals surface area contributed by atoms with Crippen LogP contribution in [0.1, 0.15) is 13.3 Å². The number of oxime groups is 1. The second-order valence-corrected chi connectivity index (χ2v) is 2.48. The van der Waals surface area contributed by atoms with E-state index in [1.165, 1.54) is 12.1 Å². The van der Waals surface area contributed by atoms with E-state index in [0.29, 0.717) is 0 Å². The van der Waals surface area contributed by atoms with Gasteiger partial charge in [-0.25, -0.2) is 4.79 Å². The molecule has 0 spiro atoms. The van der Waals surface area contributed by atoms with Gasteiger partial charge in [0.1, 0.15) is 12.1 Å². The third-order valence-corrected chi connectivity index (χ3v) is 1.36. The van der Waals surface area contributed by atoms with E-state index < -0.39 is 11.7 Å². The van der Waals surface area contributed by atoms with Crippen molar-refractivity contribution >= 4 is 11.7 Å². The van der Waals surface area contributed by atoms with Gasteiger partial charge in [-0.05, 0) is 6.92 Å². The van der Waals surface area contributed by atoms with Gasteiger partial charge in [-0.2, -0.15) is 10.5 Å². The quantitative estimate of drug-likeness (QED) is 0.299. The molecule has 5 nitrogen and oxygen atoms in total. The fourth-order valence-corrected chi connectivity index (χ4v) is 0.527. The van der Waals surface area contributed by atoms with Crippen LogP contribution in [0, 0.1) is 22.7 Å². The van der Waals surface area contributed by atoms with Crippen molar-refractivity contribution in [2.75, 3.05) is 0 Å². The maximum Gasteiger partial charge on any atom is 0.338 e. The second kappa shape index (κ2) is 7.05. The number of rotatable bonds is 4. The Bertz CT molecular complexity index is 378. The van der Waals surface area contributed by atoms with Crippen molar-refractivity contribution in [2.45, 2.75) is 13.3 Å². The zero-order valence-electron chi connectivity index (χ0n) is 8.23. The van der Waals surface area contributed by atoms with Gasteiger partial charge in [-0.15, -0.1) is 0 Å². The summed E-state index contributed by atoms with van der Waals surface area (Å²) in [6.07, 6.45) is 3.21. The molecular formula is C10H9N3O2. The van der Waals surface area contributed by atoms with E-state index in [-0.39, 0.29) is 6.42 Å². The van der Waals surface area contributed by atoms with E-state index in [4.69, 9.17) is 10.5 Å². The molecule has 0 aromatic rings. The smallest absolute Gasteiger partial charge is 0.316 e. The summed E-state index contributed by atoms with van der Waals surface area (Å²) in [5, 5.41) is 19.6. The van der Waals surface area contributed by atoms with E-state index in [0.717, 1.165) is 5.57 Å². The highest BCUT2D eigenvalue weighted by atomic mass is 16.7. The molecule has 0 unspecified atom stereocenters. The number of hydrogen-bond acceptors (Lipinski definition) is 5. The van der Waals surface area contributed by atoms with E-state index in [1.807, 2.05) is 0 Å². The minimum atomic E-state index is -0.640. The highest BCUT2D eigenvalue weighted by molar-refractivity contribution is 6.10. The summed E-state index contributed by atoms with van der Waals surface area (Å²) in [7, 11) is 0. The Kier molecular flexibility index (Phi) is 5.92. The first-order valence-corrected chi connectivity index (χ1v) is 4.01. The molecule has 0 aromatic carbocycles. The Morgan fingerprint density at radius 3 is 2.60 bits per heavy atom. The Morgan fingerprint density at radius 2 is 2.13 bits per heavy atom. The van der Waals surface area contributed by atoms with Crippen LogP contribution < -0.4 is 0 Å². The second-order valence-electron chi connectivity index (χ2n) is 2.48. The third-order valence-electron chi connectivity index (χ3n) is 1.36. The molecule has 15 heavy (non-hydrogen) atoms. The summed E-state index contributed by atoms with van der Waals surface area (Å²) in [6, 6.07) is 2.93. The summed E-state index contributed by atoms with van der Waals surface area (Å²) in [4.78, 5) is 15.3. The third kappa shape index (κ3) is 5.78. The summed E-state index contributed by atoms with van der Waals surface area (Å²) in [5.41, 5.74) is 0.337. The minimum Gasteiger partial charge on any atom is -0.316 e. The SMILES string of the molecule is C=C/C(C)=C/CC(=O)ON=C(C#N)C#N. The van der Waals surface area contributed by atoms with Crippen LogP contribution in [0.4, 0.5) is 0 Å². The van der Waals surface area contributed by atoms with Gasteiger partial charge in [0, 0.05) is 0 Å². The summed E-state index contributed by atoms with van der Waals surface area (Å²) in [6.45, 7) is 5.28. The van der Waals surface area contributed by atoms with Crippen LogP contribution in [0.2, 0.25) is 0 Å². The highest BCUT2D eigenvalue weighted by Gasteiger charge is 2.01. The van der Waals surface area contributed by atoms with Gasteiger partial charge in [-0.3, -0.25) is 0 Å². The molecule has 76 valence electrons. The first kappa shape index (κ1) is 12.6. The van der Waals surface area contributed by atoms with E-state index in [1.54, 1.807) is 19.1 Å². The van der Waals surface area contributed by atoms with Crippen molar-refractivity contribution in [1.29, 1.82) is 10.5 Å². The molecule has 0 aliphatic rings. The Morgan fingerprint density at radius 1 is 1.53 bits per heavy atom. The van der Waals surface area contributed by atoms with Gasteiger partial charge in [0.25, 0.3) is 5.71 Å². The van der Waals surface area contributed by atoms with Crippen molar-refractivity contribution in [3.8, 4) is 12.1 Å². The highest BCUT2D eigenvalue weighted by Crippen LogP contribution is 1.97. The molecule has 5 heteroatoms. The van der Waals surface area contributed by atoms with Crippen LogP contribution in [0.5, 0.6) is 0 Å². The summed E-state index contributed by atoms with van der Waals surface area (Å²) < 4.78 is 0. The lowest BCUT2D eigenvalue weighted by Gasteiger charge is -1.93. The molecule has 0 heterocycles. The van der Waals surface area contributed by atoms with Crippen LogP contribution in [-0.4, -0.2) is 11.7 Å². The number of hydrogen-bond donors (Lipinski definition) is 0. The van der Waals surface area contributed by atoms with Crippen molar-refractivity contribution in [1.82, 2.24) is 0 Å². The predicted octanol–water partition coefficient (Wildman–Crippen LogP) is 1.46. The lowest BCUT2D eigenvalue weighted by molar-refractivity contribution is -0.142. The van der Waals surface area contributed by atoms with Gasteiger partial charge < -0.3 is 4.84 Å². The van der Waals surface area contributed by atoms with Crippen molar-refractivity contribution in [2.24, 2.45) is 5.16 Å². The molecule has 0 bridgehead atoms. The van der Waals surface area contributed by atoms with Crippen LogP contribution in [-0.2, 0) is 9.63 Å². The topological polar surface area (TPSA) is 86.2 Å². The standard InChI is InChI=1S/C10H9N3O2/c1-3-8(2)4-5-10(14)15-13-9(6-11)7-12/h3-4H,1,5H2,2H3/b8-4+. The lowest BCUT2D eigenvalue weighted by Crippen LogP contribution is -2.00. The maximum atomic E-state index is 11.0. The Hall–Kier alpha value is -2.40. The molecule has 0 atom stereocenters. The van der Waals surface area contributed by atoms with Crippen molar-refractivity contribution in [3.05, 3.63) is 24.3 Å². The Balaban J connectivity index is 4.20. The molecule has 0 N–H and O–H groups in total. The normalized spacial score (nSPS) is 9.40. The number of nitrogens with zero attached hydrogens (tertiary/aromatic N) is 3. The fraction of sp³-hybridized carbons (Fsp3) is 0.200. The first-order valence-electron chi connectivity index (χ1n) is 4.01. The zero-order chi connectivity index (χ0) is 11.7. The van der Waals surface area contributed by atoms with Gasteiger partial charge >= 0.3 is 5.97 Å². The van der Waals surface area contributed by atoms with Gasteiger partial charge in [-0.1, -0.05) is 29.5 Å². The van der Waals surface area contributed by atoms with Gasteiger partial charge in [0.05, 0.1) is 6.42 Å². The molecule has 0 aromatic heterocycles. The maximum absolute atomic E-state index is 11.0. The number of nitriles is 2. The molecule has 0 amide bonds. The Labute approximate surface area is 87.6 Å². The van der Waals surface area contributed by atoms with Crippen molar-refractivity contribution in [3.63, 3.8) is 0 Å². The monoisotopic (exact) mass is 203 g/mol. The number of carbonyl (C=O) groups is 1. The average Bonchev–Trinajstić information content (AvgIpc) is 2.27. The average molecular weight is 203 g/mol. The lowest BCUT2D eigenvalue weighted by atomic mass is 10.2. The fourth-order valence-electron chi connectivity index (χ4n) is 0.527. The van der Waals surface area contributed by atoms with Crippen LogP contribution in [0.25, 0.3) is 0 Å². The van der Waals surface area contributed by atoms with E-state index in [2.05, 4.69) is 16.6 Å². The van der Waals surface area contributed by atoms with Crippen LogP contribution >= 0.6 is 0 Å². The first-order chi connectivity index (χ1) is 7.13. The number of carbonyl (C=O) groups excluding carboxylic acids is 1. The molecule has 0 saturated carbocycles. The number of allylic oxidation sites excluding steroid dienone is 2. The molecule has 0 aliphatic heterocycles. The molecule has 0 rings (SSSR count). The summed E-state index contributed by atoms with van der Waals surface area (Å²) in [5.74, 6) is -0.640. The van der Waals surface area contributed by atoms with E-state index in [9.17, 15) is 4.79 Å². The van der Waals surface area contributed by atoms with Gasteiger partial charge in [0.2, 0.25) is 0 Å². The zero-order valence-corrected chi connectivity index (χ0v) is 8.23. The van der Waals surface area contributed by atoms with Crippen LogP contribution in [0.3, 0.4) is 0 Å². The minimum absolute atomic E-state index is 0.0193. The van der Waals surface area contributed by atoms with Crippen LogP contribution in [0.15, 0.2) is 29.5 Å². The van der Waals surface area contributed by atoms with Crippen molar-refractivity contribution < 1.29 is 9.63 Å². The molecule has 0 radical (unpaired) electrons. The summed E-state index contributed by atoms with van der Waals surface area (Å²) >= 11 is 0. The molecule has 0 saturated heterocycles.